The van der Waals surface area contributed by atoms with E-state index in [4.69, 9.17) is 9.47 Å². The van der Waals surface area contributed by atoms with Gasteiger partial charge in [0.1, 0.15) is 30.2 Å². The van der Waals surface area contributed by atoms with Crippen molar-refractivity contribution in [3.8, 4) is 16.9 Å². The summed E-state index contributed by atoms with van der Waals surface area (Å²) in [7, 11) is 0. The Morgan fingerprint density at radius 2 is 1.40 bits per heavy atom. The van der Waals surface area contributed by atoms with E-state index < -0.39 is 37.3 Å². The van der Waals surface area contributed by atoms with Crippen molar-refractivity contribution in [2.45, 2.75) is 37.6 Å². The van der Waals surface area contributed by atoms with Gasteiger partial charge < -0.3 is 29.9 Å². The second kappa shape index (κ2) is 7.51. The minimum atomic E-state index is -1.46. The lowest BCUT2D eigenvalue weighted by atomic mass is 9.99. The van der Waals surface area contributed by atoms with Crippen LogP contribution in [0.1, 0.15) is 5.56 Å². The summed E-state index contributed by atoms with van der Waals surface area (Å²) < 4.78 is 10.9. The van der Waals surface area contributed by atoms with Crippen molar-refractivity contribution in [3.05, 3.63) is 54.1 Å². The molecule has 1 aliphatic rings. The summed E-state index contributed by atoms with van der Waals surface area (Å²) in [4.78, 5) is 0. The Balaban J connectivity index is 1.71. The van der Waals surface area contributed by atoms with Crippen LogP contribution in [0.4, 0.5) is 0 Å². The molecule has 0 bridgehead atoms. The highest BCUT2D eigenvalue weighted by atomic mass is 16.7. The molecule has 2 aromatic carbocycles. The predicted octanol–water partition coefficient (Wildman–Crippen LogP) is 0.841. The lowest BCUT2D eigenvalue weighted by Gasteiger charge is -2.39. The Morgan fingerprint density at radius 3 is 1.96 bits per heavy atom. The van der Waals surface area contributed by atoms with Crippen LogP contribution >= 0.6 is 0 Å². The minimum absolute atomic E-state index is 0.445. The van der Waals surface area contributed by atoms with Crippen LogP contribution in [-0.2, 0) is 4.74 Å². The third-order valence-electron chi connectivity index (χ3n) is 4.34. The van der Waals surface area contributed by atoms with E-state index in [0.717, 1.165) is 11.1 Å². The Bertz CT molecular complexity index is 682. The van der Waals surface area contributed by atoms with E-state index in [1.54, 1.807) is 12.1 Å². The van der Waals surface area contributed by atoms with Crippen LogP contribution in [0.2, 0.25) is 0 Å². The number of rotatable bonds is 4. The van der Waals surface area contributed by atoms with Crippen LogP contribution < -0.4 is 4.74 Å². The maximum absolute atomic E-state index is 10.00. The van der Waals surface area contributed by atoms with E-state index in [0.29, 0.717) is 5.75 Å². The van der Waals surface area contributed by atoms with Gasteiger partial charge in [0, 0.05) is 0 Å². The van der Waals surface area contributed by atoms with Gasteiger partial charge in [0.15, 0.2) is 0 Å². The molecule has 0 saturated carbocycles. The SMILES string of the molecule is Cc1ccc(-c2ccc(O[C@H]3OC(CO)[C@@H](O)[C@H](O)C3O)cc2)cc1. The molecule has 5 atom stereocenters. The summed E-state index contributed by atoms with van der Waals surface area (Å²) >= 11 is 0. The molecular weight excluding hydrogens is 324 g/mol. The summed E-state index contributed by atoms with van der Waals surface area (Å²) in [5, 5.41) is 38.8. The Kier molecular flexibility index (Phi) is 5.36. The first-order valence-corrected chi connectivity index (χ1v) is 8.14. The lowest BCUT2D eigenvalue weighted by molar-refractivity contribution is -0.277. The number of hydrogen-bond acceptors (Lipinski definition) is 6. The molecule has 2 aromatic rings. The van der Waals surface area contributed by atoms with Crippen molar-refractivity contribution < 1.29 is 29.9 Å². The van der Waals surface area contributed by atoms with Gasteiger partial charge in [0.05, 0.1) is 6.61 Å². The molecule has 3 rings (SSSR count). The van der Waals surface area contributed by atoms with E-state index in [1.807, 2.05) is 43.3 Å². The molecule has 0 radical (unpaired) electrons. The third kappa shape index (κ3) is 3.84. The van der Waals surface area contributed by atoms with Gasteiger partial charge >= 0.3 is 0 Å². The van der Waals surface area contributed by atoms with Gasteiger partial charge in [-0.3, -0.25) is 0 Å². The van der Waals surface area contributed by atoms with Crippen LogP contribution in [0.5, 0.6) is 5.75 Å². The molecule has 1 fully saturated rings. The van der Waals surface area contributed by atoms with E-state index in [-0.39, 0.29) is 0 Å². The molecular formula is C19H22O6. The molecule has 6 heteroatoms. The number of benzene rings is 2. The van der Waals surface area contributed by atoms with Crippen LogP contribution in [0, 0.1) is 6.92 Å². The van der Waals surface area contributed by atoms with Crippen molar-refractivity contribution in [1.29, 1.82) is 0 Å². The molecule has 134 valence electrons. The number of hydrogen-bond donors (Lipinski definition) is 4. The van der Waals surface area contributed by atoms with Crippen molar-refractivity contribution in [2.75, 3.05) is 6.61 Å². The van der Waals surface area contributed by atoms with Gasteiger partial charge in [-0.1, -0.05) is 42.0 Å². The van der Waals surface area contributed by atoms with Gasteiger partial charge in [-0.2, -0.15) is 0 Å². The Labute approximate surface area is 145 Å². The highest BCUT2D eigenvalue weighted by molar-refractivity contribution is 5.64. The summed E-state index contributed by atoms with van der Waals surface area (Å²) in [5.41, 5.74) is 3.28. The molecule has 25 heavy (non-hydrogen) atoms. The van der Waals surface area contributed by atoms with Crippen LogP contribution in [0.3, 0.4) is 0 Å². The van der Waals surface area contributed by atoms with Gasteiger partial charge in [-0.05, 0) is 30.2 Å². The molecule has 1 heterocycles. The van der Waals surface area contributed by atoms with Crippen LogP contribution in [0.25, 0.3) is 11.1 Å². The standard InChI is InChI=1S/C19H22O6/c1-11-2-4-12(5-3-11)13-6-8-14(9-7-13)24-19-18(23)17(22)16(21)15(10-20)25-19/h2-9,15-23H,10H2,1H3/t15?,16-,17+,18?,19+/m1/s1. The Morgan fingerprint density at radius 1 is 0.840 bits per heavy atom. The average molecular weight is 346 g/mol. The van der Waals surface area contributed by atoms with Crippen molar-refractivity contribution >= 4 is 0 Å². The highest BCUT2D eigenvalue weighted by Gasteiger charge is 2.44. The minimum Gasteiger partial charge on any atom is -0.462 e. The molecule has 4 N–H and O–H groups in total. The second-order valence-corrected chi connectivity index (χ2v) is 6.21. The molecule has 6 nitrogen and oxygen atoms in total. The van der Waals surface area contributed by atoms with Gasteiger partial charge in [0.25, 0.3) is 0 Å². The maximum Gasteiger partial charge on any atom is 0.229 e. The smallest absolute Gasteiger partial charge is 0.229 e. The average Bonchev–Trinajstić information content (AvgIpc) is 2.63. The number of ether oxygens (including phenoxy) is 2. The lowest BCUT2D eigenvalue weighted by Crippen LogP contribution is -2.60. The number of aliphatic hydroxyl groups excluding tert-OH is 4. The molecule has 0 spiro atoms. The summed E-state index contributed by atoms with van der Waals surface area (Å²) in [6, 6.07) is 15.4. The highest BCUT2D eigenvalue weighted by Crippen LogP contribution is 2.27. The van der Waals surface area contributed by atoms with Crippen molar-refractivity contribution in [3.63, 3.8) is 0 Å². The predicted molar refractivity (Wildman–Crippen MR) is 91.0 cm³/mol. The van der Waals surface area contributed by atoms with E-state index >= 15 is 0 Å². The van der Waals surface area contributed by atoms with Crippen molar-refractivity contribution in [1.82, 2.24) is 0 Å². The Hall–Kier alpha value is -1.96. The fourth-order valence-electron chi connectivity index (χ4n) is 2.77. The largest absolute Gasteiger partial charge is 0.462 e. The first-order chi connectivity index (χ1) is 12.0. The quantitative estimate of drug-likeness (QED) is 0.655. The molecule has 0 aliphatic carbocycles. The third-order valence-corrected chi connectivity index (χ3v) is 4.34. The fraction of sp³-hybridized carbons (Fsp3) is 0.368. The normalized spacial score (nSPS) is 29.4. The topological polar surface area (TPSA) is 99.4 Å². The van der Waals surface area contributed by atoms with Gasteiger partial charge in [0.2, 0.25) is 6.29 Å². The zero-order valence-electron chi connectivity index (χ0n) is 13.8. The van der Waals surface area contributed by atoms with Gasteiger partial charge in [-0.15, -0.1) is 0 Å². The summed E-state index contributed by atoms with van der Waals surface area (Å²) in [6.45, 7) is 1.54. The zero-order chi connectivity index (χ0) is 18.0. The van der Waals surface area contributed by atoms with E-state index in [2.05, 4.69) is 0 Å². The van der Waals surface area contributed by atoms with E-state index in [1.165, 1.54) is 5.56 Å². The molecule has 1 saturated heterocycles. The monoisotopic (exact) mass is 346 g/mol. The zero-order valence-corrected chi connectivity index (χ0v) is 13.8. The summed E-state index contributed by atoms with van der Waals surface area (Å²) in [6.07, 6.45) is -6.45. The number of aliphatic hydroxyl groups is 4. The van der Waals surface area contributed by atoms with Gasteiger partial charge in [-0.25, -0.2) is 0 Å². The fourth-order valence-corrected chi connectivity index (χ4v) is 2.77. The molecule has 2 unspecified atom stereocenters. The molecule has 0 aromatic heterocycles. The maximum atomic E-state index is 10.00. The first-order valence-electron chi connectivity index (χ1n) is 8.14. The number of aryl methyl sites for hydroxylation is 1. The molecule has 1 aliphatic heterocycles. The van der Waals surface area contributed by atoms with Crippen LogP contribution in [-0.4, -0.2) is 57.7 Å². The second-order valence-electron chi connectivity index (χ2n) is 6.21. The van der Waals surface area contributed by atoms with Crippen LogP contribution in [0.15, 0.2) is 48.5 Å². The van der Waals surface area contributed by atoms with E-state index in [9.17, 15) is 20.4 Å². The summed E-state index contributed by atoms with van der Waals surface area (Å²) in [5.74, 6) is 0.445. The molecule has 0 amide bonds. The van der Waals surface area contributed by atoms with Crippen molar-refractivity contribution in [2.24, 2.45) is 0 Å². The first kappa shape index (κ1) is 17.8.